The van der Waals surface area contributed by atoms with E-state index >= 15 is 0 Å². The summed E-state index contributed by atoms with van der Waals surface area (Å²) in [6.07, 6.45) is 2.58. The molecule has 1 atom stereocenters. The lowest BCUT2D eigenvalue weighted by Gasteiger charge is -2.06. The van der Waals surface area contributed by atoms with Gasteiger partial charge in [0.05, 0.1) is 0 Å². The van der Waals surface area contributed by atoms with E-state index in [0.717, 1.165) is 5.92 Å². The van der Waals surface area contributed by atoms with Crippen LogP contribution in [0, 0.1) is 19.8 Å². The van der Waals surface area contributed by atoms with Crippen LogP contribution in [0.1, 0.15) is 56.9 Å². The van der Waals surface area contributed by atoms with Gasteiger partial charge in [-0.1, -0.05) is 46.8 Å². The molecule has 0 amide bonds. The van der Waals surface area contributed by atoms with Gasteiger partial charge in [0, 0.05) is 0 Å². The van der Waals surface area contributed by atoms with Crippen molar-refractivity contribution in [3.8, 4) is 0 Å². The van der Waals surface area contributed by atoms with Gasteiger partial charge < -0.3 is 0 Å². The highest BCUT2D eigenvalue weighted by Crippen LogP contribution is 2.30. The average molecular weight is 220 g/mol. The molecular formula is C16H28. The fourth-order valence-electron chi connectivity index (χ4n) is 2.20. The highest BCUT2D eigenvalue weighted by atomic mass is 14.2. The lowest BCUT2D eigenvalue weighted by molar-refractivity contribution is 0.627. The van der Waals surface area contributed by atoms with Gasteiger partial charge in [-0.25, -0.2) is 0 Å². The number of aryl methyl sites for hydroxylation is 1. The minimum Gasteiger partial charge on any atom is -0.0683 e. The van der Waals surface area contributed by atoms with Gasteiger partial charge in [-0.15, -0.1) is 0 Å². The molecule has 0 N–H and O–H groups in total. The smallest absolute Gasteiger partial charge is 0.0244 e. The normalized spacial score (nSPS) is 16.6. The molecule has 0 saturated heterocycles. The van der Waals surface area contributed by atoms with Gasteiger partial charge in [0.1, 0.15) is 0 Å². The number of benzene rings is 1. The molecule has 0 radical (unpaired) electrons. The molecule has 0 heteroatoms. The summed E-state index contributed by atoms with van der Waals surface area (Å²) in [5.74, 6) is 0.862. The number of fused-ring (bicyclic) bond motifs is 1. The number of rotatable bonds is 0. The Morgan fingerprint density at radius 1 is 0.938 bits per heavy atom. The van der Waals surface area contributed by atoms with E-state index in [2.05, 4.69) is 32.9 Å². The van der Waals surface area contributed by atoms with Crippen LogP contribution in [-0.4, -0.2) is 0 Å². The van der Waals surface area contributed by atoms with E-state index in [9.17, 15) is 0 Å². The van der Waals surface area contributed by atoms with Crippen LogP contribution in [0.4, 0.5) is 0 Å². The van der Waals surface area contributed by atoms with E-state index in [1.165, 1.54) is 24.0 Å². The third-order valence-corrected chi connectivity index (χ3v) is 3.09. The van der Waals surface area contributed by atoms with Crippen molar-refractivity contribution in [3.05, 3.63) is 34.4 Å². The van der Waals surface area contributed by atoms with Crippen LogP contribution >= 0.6 is 0 Å². The Morgan fingerprint density at radius 2 is 1.50 bits per heavy atom. The summed E-state index contributed by atoms with van der Waals surface area (Å²) in [7, 11) is 0. The monoisotopic (exact) mass is 220 g/mol. The highest BCUT2D eigenvalue weighted by Gasteiger charge is 2.19. The van der Waals surface area contributed by atoms with Gasteiger partial charge in [-0.2, -0.15) is 0 Å². The quantitative estimate of drug-likeness (QED) is 0.571. The Morgan fingerprint density at radius 3 is 2.06 bits per heavy atom. The minimum absolute atomic E-state index is 0.862. The molecule has 0 heterocycles. The fraction of sp³-hybridized carbons (Fsp3) is 0.625. The Kier molecular flexibility index (Phi) is 7.12. The Labute approximate surface area is 102 Å². The lowest BCUT2D eigenvalue weighted by Crippen LogP contribution is -1.91. The van der Waals surface area contributed by atoms with Crippen LogP contribution in [0.3, 0.4) is 0 Å². The van der Waals surface area contributed by atoms with E-state index in [0.29, 0.717) is 0 Å². The van der Waals surface area contributed by atoms with Crippen molar-refractivity contribution in [2.24, 2.45) is 5.92 Å². The van der Waals surface area contributed by atoms with Gasteiger partial charge in [0.15, 0.2) is 0 Å². The van der Waals surface area contributed by atoms with E-state index in [4.69, 9.17) is 0 Å². The van der Waals surface area contributed by atoms with Crippen molar-refractivity contribution >= 4 is 0 Å². The second kappa shape index (κ2) is 7.49. The fourth-order valence-corrected chi connectivity index (χ4v) is 2.20. The molecule has 2 rings (SSSR count). The summed E-state index contributed by atoms with van der Waals surface area (Å²) in [6, 6.07) is 4.56. The molecular weight excluding hydrogens is 192 g/mol. The second-order valence-electron chi connectivity index (χ2n) is 4.16. The molecule has 0 nitrogen and oxygen atoms in total. The molecule has 16 heavy (non-hydrogen) atoms. The zero-order chi connectivity index (χ0) is 12.7. The first-order chi connectivity index (χ1) is 7.68. The van der Waals surface area contributed by atoms with E-state index in [-0.39, 0.29) is 0 Å². The molecule has 0 fully saturated rings. The minimum atomic E-state index is 0.862. The zero-order valence-corrected chi connectivity index (χ0v) is 12.1. The summed E-state index contributed by atoms with van der Waals surface area (Å²) in [5, 5.41) is 0. The summed E-state index contributed by atoms with van der Waals surface area (Å²) in [6.45, 7) is 14.8. The third-order valence-electron chi connectivity index (χ3n) is 3.09. The Hall–Kier alpha value is -0.780. The van der Waals surface area contributed by atoms with Crippen molar-refractivity contribution in [1.82, 2.24) is 0 Å². The van der Waals surface area contributed by atoms with Crippen molar-refractivity contribution in [1.29, 1.82) is 0 Å². The molecule has 0 saturated carbocycles. The Balaban J connectivity index is 0.000000509. The summed E-state index contributed by atoms with van der Waals surface area (Å²) < 4.78 is 0. The van der Waals surface area contributed by atoms with E-state index in [1.54, 1.807) is 11.1 Å². The standard InChI is InChI=1S/C12H16.2C2H6/c1-8-6-11-5-4-9(2)10(3)12(11)7-8;2*1-2/h4-5,8H,6-7H2,1-3H3;2*1-2H3. The highest BCUT2D eigenvalue weighted by molar-refractivity contribution is 5.42. The Bertz CT molecular complexity index is 310. The largest absolute Gasteiger partial charge is 0.0683 e. The van der Waals surface area contributed by atoms with Crippen LogP contribution in [0.5, 0.6) is 0 Å². The first-order valence-corrected chi connectivity index (χ1v) is 6.76. The van der Waals surface area contributed by atoms with Crippen molar-refractivity contribution in [2.45, 2.75) is 61.3 Å². The molecule has 0 aliphatic heterocycles. The molecule has 1 aromatic rings. The number of hydrogen-bond donors (Lipinski definition) is 0. The molecule has 1 aliphatic rings. The van der Waals surface area contributed by atoms with Crippen molar-refractivity contribution in [2.75, 3.05) is 0 Å². The van der Waals surface area contributed by atoms with Crippen molar-refractivity contribution in [3.63, 3.8) is 0 Å². The molecule has 1 aliphatic carbocycles. The first-order valence-electron chi connectivity index (χ1n) is 6.76. The average Bonchev–Trinajstić information content (AvgIpc) is 2.71. The SMILES string of the molecule is CC.CC.Cc1ccc2c(c1C)CC(C)C2. The van der Waals surface area contributed by atoms with Crippen molar-refractivity contribution < 1.29 is 0 Å². The predicted molar refractivity (Wildman–Crippen MR) is 75.2 cm³/mol. The van der Waals surface area contributed by atoms with Crippen LogP contribution < -0.4 is 0 Å². The third kappa shape index (κ3) is 3.37. The summed E-state index contributed by atoms with van der Waals surface area (Å²) in [5.41, 5.74) is 6.19. The summed E-state index contributed by atoms with van der Waals surface area (Å²) >= 11 is 0. The first kappa shape index (κ1) is 15.2. The van der Waals surface area contributed by atoms with Gasteiger partial charge >= 0.3 is 0 Å². The maximum Gasteiger partial charge on any atom is -0.0244 e. The van der Waals surface area contributed by atoms with Gasteiger partial charge in [-0.3, -0.25) is 0 Å². The second-order valence-corrected chi connectivity index (χ2v) is 4.16. The summed E-state index contributed by atoms with van der Waals surface area (Å²) in [4.78, 5) is 0. The maximum atomic E-state index is 2.34. The molecule has 0 spiro atoms. The molecule has 1 unspecified atom stereocenters. The van der Waals surface area contributed by atoms with Crippen LogP contribution in [0.25, 0.3) is 0 Å². The van der Waals surface area contributed by atoms with Crippen LogP contribution in [0.2, 0.25) is 0 Å². The van der Waals surface area contributed by atoms with Gasteiger partial charge in [-0.05, 0) is 54.9 Å². The lowest BCUT2D eigenvalue weighted by atomic mass is 10.00. The molecule has 1 aromatic carbocycles. The van der Waals surface area contributed by atoms with Gasteiger partial charge in [0.25, 0.3) is 0 Å². The zero-order valence-electron chi connectivity index (χ0n) is 12.1. The van der Waals surface area contributed by atoms with Crippen LogP contribution in [0.15, 0.2) is 12.1 Å². The maximum absolute atomic E-state index is 2.34. The predicted octanol–water partition coefficient (Wildman–Crippen LogP) is 5.09. The molecule has 0 bridgehead atoms. The topological polar surface area (TPSA) is 0 Å². The van der Waals surface area contributed by atoms with Gasteiger partial charge in [0.2, 0.25) is 0 Å². The van der Waals surface area contributed by atoms with Crippen LogP contribution in [-0.2, 0) is 12.8 Å². The van der Waals surface area contributed by atoms with E-state index in [1.807, 2.05) is 27.7 Å². The molecule has 0 aromatic heterocycles. The van der Waals surface area contributed by atoms with E-state index < -0.39 is 0 Å². The number of hydrogen-bond acceptors (Lipinski definition) is 0. The molecule has 92 valence electrons.